The lowest BCUT2D eigenvalue weighted by molar-refractivity contribution is 0.987. The summed E-state index contributed by atoms with van der Waals surface area (Å²) < 4.78 is 0. The van der Waals surface area contributed by atoms with Crippen molar-refractivity contribution in [2.45, 2.75) is 6.42 Å². The van der Waals surface area contributed by atoms with Crippen LogP contribution in [0.2, 0.25) is 5.15 Å². The maximum atomic E-state index is 5.87. The van der Waals surface area contributed by atoms with Gasteiger partial charge < -0.3 is 0 Å². The third-order valence-corrected chi connectivity index (χ3v) is 2.11. The molecule has 0 bridgehead atoms. The Bertz CT molecular complexity index is 417. The van der Waals surface area contributed by atoms with Gasteiger partial charge in [-0.15, -0.1) is 0 Å². The van der Waals surface area contributed by atoms with Gasteiger partial charge in [0.1, 0.15) is 0 Å². The molecule has 2 heterocycles. The van der Waals surface area contributed by atoms with Gasteiger partial charge in [-0.05, 0) is 12.1 Å². The average molecular weight is 206 g/mol. The molecule has 0 aliphatic rings. The normalized spacial score (nSPS) is 10.1. The van der Waals surface area contributed by atoms with Crippen molar-refractivity contribution < 1.29 is 0 Å². The lowest BCUT2D eigenvalue weighted by atomic mass is 10.2. The van der Waals surface area contributed by atoms with Crippen LogP contribution in [-0.2, 0) is 6.42 Å². The maximum Gasteiger partial charge on any atom is 0.150 e. The quantitative estimate of drug-likeness (QED) is 0.754. The van der Waals surface area contributed by atoms with Crippen molar-refractivity contribution in [3.63, 3.8) is 0 Å². The van der Waals surface area contributed by atoms with Crippen LogP contribution in [0.5, 0.6) is 0 Å². The number of rotatable bonds is 2. The van der Waals surface area contributed by atoms with Crippen molar-refractivity contribution in [3.05, 3.63) is 53.3 Å². The summed E-state index contributed by atoms with van der Waals surface area (Å²) in [6, 6.07) is 5.75. The van der Waals surface area contributed by atoms with E-state index in [4.69, 9.17) is 11.6 Å². The molecule has 0 aromatic carbocycles. The van der Waals surface area contributed by atoms with Gasteiger partial charge in [-0.2, -0.15) is 0 Å². The van der Waals surface area contributed by atoms with Gasteiger partial charge in [-0.25, -0.2) is 4.98 Å². The van der Waals surface area contributed by atoms with Gasteiger partial charge >= 0.3 is 0 Å². The van der Waals surface area contributed by atoms with Crippen LogP contribution >= 0.6 is 11.6 Å². The van der Waals surface area contributed by atoms with Crippen LogP contribution in [0, 0.1) is 0 Å². The van der Waals surface area contributed by atoms with E-state index >= 15 is 0 Å². The van der Waals surface area contributed by atoms with Crippen LogP contribution in [0.3, 0.4) is 0 Å². The van der Waals surface area contributed by atoms with E-state index in [0.29, 0.717) is 11.6 Å². The van der Waals surface area contributed by atoms with E-state index in [1.54, 1.807) is 18.6 Å². The molecule has 2 aromatic heterocycles. The fourth-order valence-electron chi connectivity index (χ4n) is 1.14. The molecular formula is C10H8ClN3. The number of pyridine rings is 1. The maximum absolute atomic E-state index is 5.87. The lowest BCUT2D eigenvalue weighted by Crippen LogP contribution is -1.96. The molecule has 14 heavy (non-hydrogen) atoms. The Hall–Kier alpha value is -1.48. The van der Waals surface area contributed by atoms with Gasteiger partial charge in [-0.1, -0.05) is 17.7 Å². The second-order valence-corrected chi connectivity index (χ2v) is 3.15. The van der Waals surface area contributed by atoms with E-state index in [9.17, 15) is 0 Å². The van der Waals surface area contributed by atoms with Gasteiger partial charge in [0.25, 0.3) is 0 Å². The van der Waals surface area contributed by atoms with E-state index < -0.39 is 0 Å². The summed E-state index contributed by atoms with van der Waals surface area (Å²) in [6.07, 6.45) is 5.57. The van der Waals surface area contributed by atoms with Gasteiger partial charge in [-0.3, -0.25) is 9.97 Å². The fraction of sp³-hybridized carbons (Fsp3) is 0.100. The van der Waals surface area contributed by atoms with Crippen LogP contribution in [0.25, 0.3) is 0 Å². The summed E-state index contributed by atoms with van der Waals surface area (Å²) in [5.41, 5.74) is 1.70. The zero-order valence-electron chi connectivity index (χ0n) is 7.39. The van der Waals surface area contributed by atoms with Gasteiger partial charge in [0.15, 0.2) is 5.15 Å². The molecule has 0 saturated heterocycles. The summed E-state index contributed by atoms with van der Waals surface area (Å²) in [7, 11) is 0. The lowest BCUT2D eigenvalue weighted by Gasteiger charge is -2.00. The molecular weight excluding hydrogens is 198 g/mol. The van der Waals surface area contributed by atoms with Gasteiger partial charge in [0.2, 0.25) is 0 Å². The molecule has 0 saturated carbocycles. The highest BCUT2D eigenvalue weighted by atomic mass is 35.5. The number of hydrogen-bond acceptors (Lipinski definition) is 3. The van der Waals surface area contributed by atoms with Crippen LogP contribution in [0.4, 0.5) is 0 Å². The van der Waals surface area contributed by atoms with Crippen LogP contribution in [0.1, 0.15) is 11.4 Å². The topological polar surface area (TPSA) is 38.7 Å². The highest BCUT2D eigenvalue weighted by Crippen LogP contribution is 2.12. The first-order chi connectivity index (χ1) is 6.86. The number of aromatic nitrogens is 3. The molecule has 0 spiro atoms. The molecule has 70 valence electrons. The Kier molecular flexibility index (Phi) is 2.70. The number of hydrogen-bond donors (Lipinski definition) is 0. The number of nitrogens with zero attached hydrogens (tertiary/aromatic N) is 3. The van der Waals surface area contributed by atoms with Crippen molar-refractivity contribution >= 4 is 11.6 Å². The standard InChI is InChI=1S/C10H8ClN3/c11-10-9(13-5-6-14-10)7-8-3-1-2-4-12-8/h1-6H,7H2. The summed E-state index contributed by atoms with van der Waals surface area (Å²) in [4.78, 5) is 12.3. The molecule has 4 heteroatoms. The summed E-state index contributed by atoms with van der Waals surface area (Å²) in [5.74, 6) is 0. The van der Waals surface area contributed by atoms with Gasteiger partial charge in [0, 0.05) is 30.7 Å². The van der Waals surface area contributed by atoms with E-state index in [2.05, 4.69) is 15.0 Å². The van der Waals surface area contributed by atoms with Crippen LogP contribution in [0.15, 0.2) is 36.8 Å². The molecule has 0 fully saturated rings. The fourth-order valence-corrected chi connectivity index (χ4v) is 1.31. The summed E-state index contributed by atoms with van der Waals surface area (Å²) in [5, 5.41) is 0.443. The van der Waals surface area contributed by atoms with E-state index in [1.807, 2.05) is 18.2 Å². The minimum atomic E-state index is 0.443. The number of halogens is 1. The van der Waals surface area contributed by atoms with Crippen LogP contribution in [-0.4, -0.2) is 15.0 Å². The molecule has 0 amide bonds. The predicted molar refractivity (Wildman–Crippen MR) is 54.1 cm³/mol. The Labute approximate surface area is 86.8 Å². The largest absolute Gasteiger partial charge is 0.261 e. The molecule has 2 aromatic rings. The van der Waals surface area contributed by atoms with E-state index in [-0.39, 0.29) is 0 Å². The summed E-state index contributed by atoms with van der Waals surface area (Å²) in [6.45, 7) is 0. The molecule has 2 rings (SSSR count). The van der Waals surface area contributed by atoms with E-state index in [0.717, 1.165) is 11.4 Å². The first-order valence-electron chi connectivity index (χ1n) is 4.21. The Morgan fingerprint density at radius 2 is 1.86 bits per heavy atom. The SMILES string of the molecule is Clc1nccnc1Cc1ccccn1. The first kappa shape index (κ1) is 9.09. The van der Waals surface area contributed by atoms with Crippen molar-refractivity contribution in [3.8, 4) is 0 Å². The Balaban J connectivity index is 2.24. The smallest absolute Gasteiger partial charge is 0.150 e. The third kappa shape index (κ3) is 2.06. The second kappa shape index (κ2) is 4.15. The molecule has 0 atom stereocenters. The van der Waals surface area contributed by atoms with Gasteiger partial charge in [0.05, 0.1) is 5.69 Å². The van der Waals surface area contributed by atoms with E-state index in [1.165, 1.54) is 0 Å². The second-order valence-electron chi connectivity index (χ2n) is 2.79. The van der Waals surface area contributed by atoms with Crippen LogP contribution < -0.4 is 0 Å². The minimum absolute atomic E-state index is 0.443. The minimum Gasteiger partial charge on any atom is -0.261 e. The zero-order chi connectivity index (χ0) is 9.80. The van der Waals surface area contributed by atoms with Crippen molar-refractivity contribution in [1.82, 2.24) is 15.0 Å². The van der Waals surface area contributed by atoms with Crippen molar-refractivity contribution in [2.24, 2.45) is 0 Å². The van der Waals surface area contributed by atoms with Crippen molar-refractivity contribution in [2.75, 3.05) is 0 Å². The first-order valence-corrected chi connectivity index (χ1v) is 4.59. The van der Waals surface area contributed by atoms with Crippen molar-refractivity contribution in [1.29, 1.82) is 0 Å². The Morgan fingerprint density at radius 3 is 2.57 bits per heavy atom. The Morgan fingerprint density at radius 1 is 1.00 bits per heavy atom. The molecule has 3 nitrogen and oxygen atoms in total. The molecule has 0 aliphatic carbocycles. The predicted octanol–water partition coefficient (Wildman–Crippen LogP) is 2.12. The molecule has 0 unspecified atom stereocenters. The highest BCUT2D eigenvalue weighted by Gasteiger charge is 2.03. The third-order valence-electron chi connectivity index (χ3n) is 1.80. The zero-order valence-corrected chi connectivity index (χ0v) is 8.15. The highest BCUT2D eigenvalue weighted by molar-refractivity contribution is 6.30. The monoisotopic (exact) mass is 205 g/mol. The molecule has 0 N–H and O–H groups in total. The average Bonchev–Trinajstić information content (AvgIpc) is 2.23. The summed E-state index contributed by atoms with van der Waals surface area (Å²) >= 11 is 5.87. The molecule has 0 aliphatic heterocycles. The molecule has 0 radical (unpaired) electrons.